The van der Waals surface area contributed by atoms with Gasteiger partial charge in [0.1, 0.15) is 11.6 Å². The predicted molar refractivity (Wildman–Crippen MR) is 93.9 cm³/mol. The summed E-state index contributed by atoms with van der Waals surface area (Å²) in [5, 5.41) is 11.7. The molecular formula is C17H33N3O5. The minimum absolute atomic E-state index is 0.0573. The fourth-order valence-corrected chi connectivity index (χ4v) is 2.47. The highest BCUT2D eigenvalue weighted by molar-refractivity contribution is 5.87. The van der Waals surface area contributed by atoms with Crippen LogP contribution in [0, 0.1) is 0 Å². The second kappa shape index (κ2) is 10.7. The molecule has 0 aromatic carbocycles. The molecule has 1 fully saturated rings. The highest BCUT2D eigenvalue weighted by Gasteiger charge is 2.28. The smallest absolute Gasteiger partial charge is 0.329 e. The van der Waals surface area contributed by atoms with Crippen LogP contribution in [0.1, 0.15) is 40.0 Å². The lowest BCUT2D eigenvalue weighted by atomic mass is 10.1. The van der Waals surface area contributed by atoms with Crippen LogP contribution in [0.5, 0.6) is 0 Å². The first-order valence-electron chi connectivity index (χ1n) is 8.92. The normalized spacial score (nSPS) is 18.4. The van der Waals surface area contributed by atoms with Crippen LogP contribution in [0.4, 0.5) is 0 Å². The Morgan fingerprint density at radius 1 is 1.28 bits per heavy atom. The van der Waals surface area contributed by atoms with Crippen molar-refractivity contribution >= 4 is 11.9 Å². The van der Waals surface area contributed by atoms with Gasteiger partial charge in [-0.2, -0.15) is 0 Å². The van der Waals surface area contributed by atoms with Gasteiger partial charge in [-0.05, 0) is 40.0 Å². The van der Waals surface area contributed by atoms with E-state index in [1.165, 1.54) is 0 Å². The molecule has 0 aliphatic carbocycles. The molecular weight excluding hydrogens is 326 g/mol. The van der Waals surface area contributed by atoms with Crippen LogP contribution in [-0.2, 0) is 19.1 Å². The van der Waals surface area contributed by atoms with Crippen LogP contribution in [0.25, 0.3) is 0 Å². The number of aliphatic hydroxyl groups is 1. The van der Waals surface area contributed by atoms with Gasteiger partial charge in [0.15, 0.2) is 0 Å². The first kappa shape index (κ1) is 21.8. The summed E-state index contributed by atoms with van der Waals surface area (Å²) >= 11 is 0. The van der Waals surface area contributed by atoms with E-state index >= 15 is 0 Å². The first-order valence-corrected chi connectivity index (χ1v) is 8.92. The van der Waals surface area contributed by atoms with Crippen molar-refractivity contribution in [3.05, 3.63) is 0 Å². The average Bonchev–Trinajstić information content (AvgIpc) is 2.55. The van der Waals surface area contributed by atoms with E-state index in [9.17, 15) is 9.59 Å². The number of amides is 1. The van der Waals surface area contributed by atoms with Gasteiger partial charge in [-0.3, -0.25) is 9.69 Å². The third-order valence-electron chi connectivity index (χ3n) is 3.86. The molecule has 0 aromatic rings. The number of aliphatic hydroxyl groups excluding tert-OH is 1. The molecule has 1 aliphatic heterocycles. The van der Waals surface area contributed by atoms with E-state index in [0.29, 0.717) is 39.0 Å². The number of nitrogens with two attached hydrogens (primary N) is 1. The Hall–Kier alpha value is -1.22. The SMILES string of the molecule is CC(C)(C)OC(=O)[C@H](CCCO)NC(=O)[C@@H](N)CCN1CCOCC1. The lowest BCUT2D eigenvalue weighted by Crippen LogP contribution is -2.51. The molecule has 0 aromatic heterocycles. The number of carbonyl (C=O) groups is 2. The Bertz CT molecular complexity index is 419. The quantitative estimate of drug-likeness (QED) is 0.482. The molecule has 0 saturated carbocycles. The number of rotatable bonds is 9. The second-order valence-electron chi connectivity index (χ2n) is 7.31. The number of ether oxygens (including phenoxy) is 2. The topological polar surface area (TPSA) is 114 Å². The van der Waals surface area contributed by atoms with E-state index in [1.54, 1.807) is 20.8 Å². The zero-order valence-electron chi connectivity index (χ0n) is 15.6. The number of hydrogen-bond acceptors (Lipinski definition) is 7. The summed E-state index contributed by atoms with van der Waals surface area (Å²) in [5.74, 6) is -0.878. The summed E-state index contributed by atoms with van der Waals surface area (Å²) in [4.78, 5) is 26.8. The van der Waals surface area contributed by atoms with E-state index < -0.39 is 23.7 Å². The summed E-state index contributed by atoms with van der Waals surface area (Å²) in [7, 11) is 0. The zero-order chi connectivity index (χ0) is 18.9. The summed E-state index contributed by atoms with van der Waals surface area (Å²) < 4.78 is 10.6. The minimum atomic E-state index is -0.798. The Morgan fingerprint density at radius 2 is 1.92 bits per heavy atom. The minimum Gasteiger partial charge on any atom is -0.458 e. The molecule has 8 heteroatoms. The van der Waals surface area contributed by atoms with Crippen molar-refractivity contribution in [2.45, 2.75) is 57.7 Å². The zero-order valence-corrected chi connectivity index (χ0v) is 15.6. The molecule has 2 atom stereocenters. The van der Waals surface area contributed by atoms with Gasteiger partial charge in [0, 0.05) is 26.2 Å². The van der Waals surface area contributed by atoms with Crippen molar-refractivity contribution in [3.8, 4) is 0 Å². The molecule has 0 bridgehead atoms. The highest BCUT2D eigenvalue weighted by Crippen LogP contribution is 2.11. The monoisotopic (exact) mass is 359 g/mol. The molecule has 1 amide bonds. The van der Waals surface area contributed by atoms with Gasteiger partial charge >= 0.3 is 5.97 Å². The third-order valence-corrected chi connectivity index (χ3v) is 3.86. The van der Waals surface area contributed by atoms with Crippen LogP contribution < -0.4 is 11.1 Å². The molecule has 146 valence electrons. The van der Waals surface area contributed by atoms with Crippen LogP contribution in [0.3, 0.4) is 0 Å². The van der Waals surface area contributed by atoms with E-state index in [2.05, 4.69) is 10.2 Å². The summed E-state index contributed by atoms with van der Waals surface area (Å²) in [6.07, 6.45) is 1.22. The number of nitrogens with one attached hydrogen (secondary N) is 1. The molecule has 8 nitrogen and oxygen atoms in total. The molecule has 4 N–H and O–H groups in total. The molecule has 1 saturated heterocycles. The van der Waals surface area contributed by atoms with Gasteiger partial charge in [-0.25, -0.2) is 4.79 Å². The second-order valence-corrected chi connectivity index (χ2v) is 7.31. The van der Waals surface area contributed by atoms with Gasteiger partial charge in [-0.1, -0.05) is 0 Å². The number of carbonyl (C=O) groups excluding carboxylic acids is 2. The largest absolute Gasteiger partial charge is 0.458 e. The maximum absolute atomic E-state index is 12.3. The van der Waals surface area contributed by atoms with Crippen molar-refractivity contribution in [3.63, 3.8) is 0 Å². The Kier molecular flexibility index (Phi) is 9.34. The van der Waals surface area contributed by atoms with E-state index in [1.807, 2.05) is 0 Å². The summed E-state index contributed by atoms with van der Waals surface area (Å²) in [5.41, 5.74) is 5.33. The lowest BCUT2D eigenvalue weighted by Gasteiger charge is -2.28. The van der Waals surface area contributed by atoms with Crippen molar-refractivity contribution in [2.75, 3.05) is 39.5 Å². The van der Waals surface area contributed by atoms with Gasteiger partial charge in [0.05, 0.1) is 19.3 Å². The van der Waals surface area contributed by atoms with Gasteiger partial charge in [0.25, 0.3) is 0 Å². The average molecular weight is 359 g/mol. The van der Waals surface area contributed by atoms with Crippen LogP contribution in [-0.4, -0.2) is 79.0 Å². The number of hydrogen-bond donors (Lipinski definition) is 3. The predicted octanol–water partition coefficient (Wildman–Crippen LogP) is -0.365. The van der Waals surface area contributed by atoms with Crippen LogP contribution in [0.2, 0.25) is 0 Å². The number of morpholine rings is 1. The van der Waals surface area contributed by atoms with Crippen molar-refractivity contribution in [2.24, 2.45) is 5.73 Å². The highest BCUT2D eigenvalue weighted by atomic mass is 16.6. The maximum Gasteiger partial charge on any atom is 0.329 e. The van der Waals surface area contributed by atoms with Gasteiger partial charge in [0.2, 0.25) is 5.91 Å². The fourth-order valence-electron chi connectivity index (χ4n) is 2.47. The standard InChI is InChI=1S/C17H33N3O5/c1-17(2,3)25-16(23)14(5-4-10-21)19-15(22)13(18)6-7-20-8-11-24-12-9-20/h13-14,21H,4-12,18H2,1-3H3,(H,19,22)/t13-,14-/m0/s1. The summed E-state index contributed by atoms with van der Waals surface area (Å²) in [6, 6.07) is -1.49. The number of esters is 1. The fraction of sp³-hybridized carbons (Fsp3) is 0.882. The molecule has 1 aliphatic rings. The Balaban J connectivity index is 2.49. The lowest BCUT2D eigenvalue weighted by molar-refractivity contribution is -0.159. The maximum atomic E-state index is 12.3. The molecule has 25 heavy (non-hydrogen) atoms. The first-order chi connectivity index (χ1) is 11.7. The van der Waals surface area contributed by atoms with E-state index in [0.717, 1.165) is 13.1 Å². The number of nitrogens with zero attached hydrogens (tertiary/aromatic N) is 1. The molecule has 1 rings (SSSR count). The van der Waals surface area contributed by atoms with Crippen molar-refractivity contribution in [1.82, 2.24) is 10.2 Å². The molecule has 0 spiro atoms. The van der Waals surface area contributed by atoms with E-state index in [4.69, 9.17) is 20.3 Å². The van der Waals surface area contributed by atoms with Crippen LogP contribution in [0.15, 0.2) is 0 Å². The van der Waals surface area contributed by atoms with Crippen LogP contribution >= 0.6 is 0 Å². The summed E-state index contributed by atoms with van der Waals surface area (Å²) in [6.45, 7) is 9.03. The molecule has 1 heterocycles. The molecule has 0 unspecified atom stereocenters. The van der Waals surface area contributed by atoms with Gasteiger partial charge < -0.3 is 25.6 Å². The van der Waals surface area contributed by atoms with Crippen molar-refractivity contribution in [1.29, 1.82) is 0 Å². The van der Waals surface area contributed by atoms with E-state index in [-0.39, 0.29) is 12.5 Å². The van der Waals surface area contributed by atoms with Crippen molar-refractivity contribution < 1.29 is 24.2 Å². The Morgan fingerprint density at radius 3 is 2.48 bits per heavy atom. The third kappa shape index (κ3) is 9.15. The molecule has 0 radical (unpaired) electrons. The Labute approximate surface area is 150 Å². The van der Waals surface area contributed by atoms with Gasteiger partial charge in [-0.15, -0.1) is 0 Å².